The number of anilines is 17. The van der Waals surface area contributed by atoms with Crippen LogP contribution in [0.4, 0.5) is 119 Å². The van der Waals surface area contributed by atoms with Gasteiger partial charge in [0.25, 0.3) is 0 Å². The highest BCUT2D eigenvalue weighted by Gasteiger charge is 2.44. The summed E-state index contributed by atoms with van der Waals surface area (Å²) in [4.78, 5) is 56.5. The average Bonchev–Trinajstić information content (AvgIpc) is 1.59. The van der Waals surface area contributed by atoms with Crippen molar-refractivity contribution in [1.29, 1.82) is 0 Å². The van der Waals surface area contributed by atoms with E-state index in [9.17, 15) is 22.0 Å². The quantitative estimate of drug-likeness (QED) is 0.0974. The molecule has 23 nitrogen and oxygen atoms in total. The molecule has 18 heterocycles. The lowest BCUT2D eigenvalue weighted by atomic mass is 10.1. The van der Waals surface area contributed by atoms with Crippen LogP contribution >= 0.6 is 0 Å². The fourth-order valence-electron chi connectivity index (χ4n) is 21.9. The molecule has 5 atom stereocenters. The van der Waals surface area contributed by atoms with E-state index in [-0.39, 0.29) is 30.8 Å². The number of aryl methyl sites for hydroxylation is 5. The minimum Gasteiger partial charge on any atom is -0.435 e. The number of rotatable bonds is 9. The van der Waals surface area contributed by atoms with Crippen LogP contribution in [0.3, 0.4) is 0 Å². The second-order valence-corrected chi connectivity index (χ2v) is 37.5. The van der Waals surface area contributed by atoms with Gasteiger partial charge in [-0.25, -0.2) is 15.0 Å². The minimum absolute atomic E-state index is 0.0157. The van der Waals surface area contributed by atoms with E-state index >= 15 is 0 Å². The fraction of sp³-hybridized carbons (Fsp3) is 0.190. The molecular formula is C116H99F5N18O5. The molecular weight excluding hydrogens is 1820 g/mol. The third kappa shape index (κ3) is 14.8. The van der Waals surface area contributed by atoms with Crippen LogP contribution < -0.4 is 49.0 Å². The molecule has 0 amide bonds. The van der Waals surface area contributed by atoms with Gasteiger partial charge in [0.1, 0.15) is 30.8 Å². The Morgan fingerprint density at radius 1 is 0.236 bits per heavy atom. The van der Waals surface area contributed by atoms with E-state index in [0.717, 1.165) is 184 Å². The first-order valence-corrected chi connectivity index (χ1v) is 48.2. The Kier molecular flexibility index (Phi) is 22.4. The van der Waals surface area contributed by atoms with E-state index in [1.165, 1.54) is 36.0 Å². The molecule has 28 heteroatoms. The Morgan fingerprint density at radius 3 is 0.840 bits per heavy atom. The van der Waals surface area contributed by atoms with Gasteiger partial charge in [-0.2, -0.15) is 46.9 Å². The van der Waals surface area contributed by atoms with Gasteiger partial charge in [0.05, 0.1) is 68.2 Å². The first-order chi connectivity index (χ1) is 69.8. The minimum atomic E-state index is -0.554. The molecule has 0 bridgehead atoms. The van der Waals surface area contributed by atoms with E-state index in [2.05, 4.69) is 314 Å². The number of pyridine rings is 8. The Morgan fingerprint density at radius 2 is 0.479 bits per heavy atom. The van der Waals surface area contributed by atoms with Crippen molar-refractivity contribution in [1.82, 2.24) is 39.9 Å². The lowest BCUT2D eigenvalue weighted by Crippen LogP contribution is -2.42. The van der Waals surface area contributed by atoms with Gasteiger partial charge < -0.3 is 66.2 Å². The molecule has 0 saturated carbocycles. The van der Waals surface area contributed by atoms with Gasteiger partial charge >= 0.3 is 0 Å². The van der Waals surface area contributed by atoms with Crippen molar-refractivity contribution >= 4 is 207 Å². The lowest BCUT2D eigenvalue weighted by molar-refractivity contribution is 0.567. The van der Waals surface area contributed by atoms with Crippen molar-refractivity contribution in [2.24, 2.45) is 0 Å². The molecule has 0 spiro atoms. The Labute approximate surface area is 825 Å². The Balaban J connectivity index is 0.0000000998. The summed E-state index contributed by atoms with van der Waals surface area (Å²) in [5.74, 6) is -0.0728. The summed E-state index contributed by atoms with van der Waals surface area (Å²) >= 11 is 0. The highest BCUT2D eigenvalue weighted by Crippen LogP contribution is 2.57. The molecule has 5 aliphatic heterocycles. The number of benzene rings is 9. The highest BCUT2D eigenvalue weighted by molar-refractivity contribution is 6.15. The van der Waals surface area contributed by atoms with Crippen LogP contribution in [0.15, 0.2) is 308 Å². The zero-order valence-corrected chi connectivity index (χ0v) is 81.7. The molecule has 0 unspecified atom stereocenters. The maximum Gasteiger partial charge on any atom is 0.230 e. The number of halogens is 5. The second kappa shape index (κ2) is 35.6. The van der Waals surface area contributed by atoms with Crippen molar-refractivity contribution in [3.05, 3.63) is 343 Å². The van der Waals surface area contributed by atoms with E-state index in [4.69, 9.17) is 27.1 Å². The first kappa shape index (κ1) is 90.7. The molecule has 0 aliphatic carbocycles. The van der Waals surface area contributed by atoms with Crippen molar-refractivity contribution in [3.63, 3.8) is 0 Å². The molecule has 13 aromatic heterocycles. The van der Waals surface area contributed by atoms with Crippen molar-refractivity contribution in [2.75, 3.05) is 56.0 Å². The van der Waals surface area contributed by atoms with Crippen LogP contribution in [0.5, 0.6) is 0 Å². The Hall–Kier alpha value is -17.2. The number of aromatic nitrogens is 8. The second-order valence-electron chi connectivity index (χ2n) is 37.5. The average molecular weight is 1920 g/mol. The van der Waals surface area contributed by atoms with Gasteiger partial charge in [0.15, 0.2) is 45.4 Å². The maximum absolute atomic E-state index is 13.8. The molecule has 22 aromatic rings. The van der Waals surface area contributed by atoms with Crippen LogP contribution in [0.2, 0.25) is 0 Å². The number of fused-ring (bicyclic) bond motifs is 20. The van der Waals surface area contributed by atoms with Crippen molar-refractivity contribution < 1.29 is 44.0 Å². The summed E-state index contributed by atoms with van der Waals surface area (Å²) in [6, 6.07) is 86.2. The van der Waals surface area contributed by atoms with Crippen molar-refractivity contribution in [3.8, 4) is 0 Å². The van der Waals surface area contributed by atoms with E-state index in [0.29, 0.717) is 57.4 Å². The zero-order chi connectivity index (χ0) is 99.4. The monoisotopic (exact) mass is 1920 g/mol. The normalized spacial score (nSPS) is 16.2. The topological polar surface area (TPSA) is 201 Å². The number of para-hydroxylation sites is 6. The molecule has 0 saturated heterocycles. The number of furan rings is 5. The molecule has 144 heavy (non-hydrogen) atoms. The standard InChI is InChI=1S/C26H20FN3O.C25H19FN4O.C23H22FN3O.C22H21FN4O.C20H17FN4O/c1-16-12-13-19-20-14-15-23(27)28-26(20)31-25(19)24(16)30-17(2)29(18-8-4-3-5-9-18)21-10-6-7-11-22(21)30;1-15-10-11-18-19-12-13-21(26)28-25(19)31-23(18)22(15)30-16(2)29(17-7-4-3-5-8-17)20-9-6-14-27-24(20)30;1-13(2)26-15(4)27(19-8-6-5-7-18(19)26)21-14(3)9-10-16-17-11-12-20(24)25-23(17)28-22(16)21;1-12(2)26-14(4)27(21-17(26)6-5-11-24-21)19-13(3)7-8-15-16-9-10-18(23)25-22(16)28-20(15)19;1-11-6-7-13-14-8-9-16(21)23-20(14)26-18(13)17(11)25-12(2)24(3)15-5-4-10-22-19(15)25/h3-15,17H,1-2H3;3-14,16H,1-2H3;5-13,15H,1-4H3;5-12,14H,1-4H3;4-10,12H,1-3H3/t17-;16-;15-;14-;12-/m00000/s1. The molecule has 718 valence electrons. The molecule has 27 rings (SSSR count). The number of hydrogen-bond donors (Lipinski definition) is 0. The fourth-order valence-corrected chi connectivity index (χ4v) is 21.9. The SMILES string of the molecule is Cc1ccc2c(oc3nc(F)ccc32)c1N1c2ccccc2N(C(C)C)[C@@H]1C.Cc1ccc2c(oc3nc(F)ccc32)c1N1c2ccccc2N(c2ccccc2)[C@@H]1C.Cc1ccc2c(oc3nc(F)ccc32)c1N1c2ncccc2N(C(C)C)[C@@H]1C.Cc1ccc2c(oc3nc(F)ccc32)c1N1c2ncccc2N(C)[C@@H]1C.Cc1ccc2c(oc3nc(F)ccc32)c1N1c2ncccc2N(c2ccccc2)[C@@H]1C. The largest absolute Gasteiger partial charge is 0.435 e. The summed E-state index contributed by atoms with van der Waals surface area (Å²) in [6.07, 6.45) is 5.64. The third-order valence-corrected chi connectivity index (χ3v) is 28.3. The molecule has 5 aliphatic rings. The summed E-state index contributed by atoms with van der Waals surface area (Å²) in [7, 11) is 2.05. The van der Waals surface area contributed by atoms with Crippen molar-refractivity contribution in [2.45, 2.75) is 140 Å². The third-order valence-electron chi connectivity index (χ3n) is 28.3. The maximum atomic E-state index is 13.8. The highest BCUT2D eigenvalue weighted by atomic mass is 19.1. The number of hydrogen-bond acceptors (Lipinski definition) is 23. The molecule has 9 aromatic carbocycles. The van der Waals surface area contributed by atoms with Gasteiger partial charge in [0.2, 0.25) is 58.3 Å². The molecule has 0 N–H and O–H groups in total. The predicted octanol–water partition coefficient (Wildman–Crippen LogP) is 30.0. The first-order valence-electron chi connectivity index (χ1n) is 48.2. The number of nitrogens with zero attached hydrogens (tertiary/aromatic N) is 18. The van der Waals surface area contributed by atoms with Gasteiger partial charge in [-0.1, -0.05) is 121 Å². The summed E-state index contributed by atoms with van der Waals surface area (Å²) in [5, 5.41) is 8.72. The van der Waals surface area contributed by atoms with Crippen LogP contribution in [-0.4, -0.2) is 89.8 Å². The van der Waals surface area contributed by atoms with Gasteiger partial charge in [-0.05, 0) is 270 Å². The Bertz CT molecular complexity index is 8420. The summed E-state index contributed by atoms with van der Waals surface area (Å²) in [6.45, 7) is 29.9. The van der Waals surface area contributed by atoms with Crippen LogP contribution in [0.25, 0.3) is 110 Å². The van der Waals surface area contributed by atoms with Gasteiger partial charge in [0, 0.05) is 103 Å². The zero-order valence-electron chi connectivity index (χ0n) is 81.7. The molecule has 0 fully saturated rings. The van der Waals surface area contributed by atoms with E-state index in [1.54, 1.807) is 42.7 Å². The lowest BCUT2D eigenvalue weighted by Gasteiger charge is -2.33. The van der Waals surface area contributed by atoms with Gasteiger partial charge in [-0.3, -0.25) is 4.90 Å². The van der Waals surface area contributed by atoms with E-state index < -0.39 is 29.7 Å². The van der Waals surface area contributed by atoms with Crippen LogP contribution in [-0.2, 0) is 0 Å². The van der Waals surface area contributed by atoms with Gasteiger partial charge in [-0.15, -0.1) is 0 Å². The summed E-state index contributed by atoms with van der Waals surface area (Å²) in [5.41, 5.74) is 25.4. The predicted molar refractivity (Wildman–Crippen MR) is 565 cm³/mol. The summed E-state index contributed by atoms with van der Waals surface area (Å²) < 4.78 is 98.8. The van der Waals surface area contributed by atoms with E-state index in [1.807, 2.05) is 85.9 Å². The van der Waals surface area contributed by atoms with Crippen LogP contribution in [0.1, 0.15) is 90.1 Å². The smallest absolute Gasteiger partial charge is 0.230 e. The van der Waals surface area contributed by atoms with Crippen LogP contribution in [0, 0.1) is 64.4 Å². The molecule has 0 radical (unpaired) electrons.